The predicted octanol–water partition coefficient (Wildman–Crippen LogP) is 2.59. The van der Waals surface area contributed by atoms with Crippen molar-refractivity contribution in [1.29, 1.82) is 0 Å². The van der Waals surface area contributed by atoms with E-state index in [0.717, 1.165) is 5.56 Å². The van der Waals surface area contributed by atoms with E-state index >= 15 is 0 Å². The topological polar surface area (TPSA) is 43.4 Å². The minimum Gasteiger partial charge on any atom is -0.461 e. The lowest BCUT2D eigenvalue weighted by molar-refractivity contribution is -0.140. The number of hydrogen-bond donors (Lipinski definition) is 0. The predicted molar refractivity (Wildman–Crippen MR) is 61.3 cm³/mol. The second-order valence-corrected chi connectivity index (χ2v) is 3.44. The Morgan fingerprint density at radius 1 is 1.29 bits per heavy atom. The fourth-order valence-corrected chi connectivity index (χ4v) is 1.18. The summed E-state index contributed by atoms with van der Waals surface area (Å²) in [6, 6.07) is 6.63. The Kier molecular flexibility index (Phi) is 4.57. The number of carbonyl (C=O) groups excluding carboxylic acids is 2. The van der Waals surface area contributed by atoms with Crippen molar-refractivity contribution in [2.75, 3.05) is 6.61 Å². The van der Waals surface area contributed by atoms with Crippen LogP contribution >= 0.6 is 0 Å². The third-order valence-electron chi connectivity index (χ3n) is 2.06. The summed E-state index contributed by atoms with van der Waals surface area (Å²) in [6.07, 6.45) is 0.642. The highest BCUT2D eigenvalue weighted by molar-refractivity contribution is 6.07. The lowest BCUT2D eigenvalue weighted by Gasteiger charge is -1.99. The number of hydrogen-bond acceptors (Lipinski definition) is 3. The Bertz CT molecular complexity index is 446. The maximum Gasteiger partial charge on any atom is 0.367 e. The Labute approximate surface area is 98.9 Å². The van der Waals surface area contributed by atoms with E-state index in [9.17, 15) is 14.0 Å². The van der Waals surface area contributed by atoms with Gasteiger partial charge in [-0.3, -0.25) is 4.79 Å². The van der Waals surface area contributed by atoms with E-state index in [1.54, 1.807) is 31.2 Å². The number of rotatable bonds is 4. The van der Waals surface area contributed by atoms with Gasteiger partial charge in [0.2, 0.25) is 5.83 Å². The van der Waals surface area contributed by atoms with Crippen LogP contribution in [0.25, 0.3) is 0 Å². The third-order valence-corrected chi connectivity index (χ3v) is 2.06. The van der Waals surface area contributed by atoms with Gasteiger partial charge in [-0.25, -0.2) is 4.79 Å². The summed E-state index contributed by atoms with van der Waals surface area (Å²) in [4.78, 5) is 22.5. The van der Waals surface area contributed by atoms with Gasteiger partial charge < -0.3 is 4.74 Å². The van der Waals surface area contributed by atoms with E-state index in [0.29, 0.717) is 11.6 Å². The number of ether oxygens (including phenoxy) is 1. The Morgan fingerprint density at radius 2 is 1.88 bits per heavy atom. The quantitative estimate of drug-likeness (QED) is 0.458. The summed E-state index contributed by atoms with van der Waals surface area (Å²) in [6.45, 7) is 3.51. The van der Waals surface area contributed by atoms with Gasteiger partial charge in [-0.2, -0.15) is 4.39 Å². The molecule has 0 amide bonds. The minimum atomic E-state index is -1.18. The molecule has 4 heteroatoms. The highest BCUT2D eigenvalue weighted by atomic mass is 19.1. The van der Waals surface area contributed by atoms with Crippen LogP contribution in [-0.4, -0.2) is 18.4 Å². The van der Waals surface area contributed by atoms with Crippen LogP contribution in [0.2, 0.25) is 0 Å². The van der Waals surface area contributed by atoms with E-state index in [1.165, 1.54) is 0 Å². The summed E-state index contributed by atoms with van der Waals surface area (Å²) in [7, 11) is 0. The van der Waals surface area contributed by atoms with Crippen molar-refractivity contribution in [3.05, 3.63) is 47.3 Å². The first-order valence-corrected chi connectivity index (χ1v) is 5.20. The molecule has 1 aromatic carbocycles. The van der Waals surface area contributed by atoms with E-state index < -0.39 is 17.6 Å². The van der Waals surface area contributed by atoms with Gasteiger partial charge in [-0.05, 0) is 13.8 Å². The maximum absolute atomic E-state index is 13.2. The maximum atomic E-state index is 13.2. The molecule has 0 unspecified atom stereocenters. The average molecular weight is 236 g/mol. The summed E-state index contributed by atoms with van der Waals surface area (Å²) < 4.78 is 17.6. The third kappa shape index (κ3) is 3.83. The summed E-state index contributed by atoms with van der Waals surface area (Å²) >= 11 is 0. The standard InChI is InChI=1S/C13H13FO3/c1-3-17-13(16)11(14)8-12(15)10-6-4-9(2)5-7-10/h4-8H,3H2,1-2H3/b11-8-. The van der Waals surface area contributed by atoms with Gasteiger partial charge in [0, 0.05) is 11.6 Å². The van der Waals surface area contributed by atoms with Gasteiger partial charge in [-0.1, -0.05) is 29.8 Å². The van der Waals surface area contributed by atoms with Crippen molar-refractivity contribution in [1.82, 2.24) is 0 Å². The van der Waals surface area contributed by atoms with Gasteiger partial charge in [0.25, 0.3) is 0 Å². The lowest BCUT2D eigenvalue weighted by atomic mass is 10.1. The average Bonchev–Trinajstić information content (AvgIpc) is 2.30. The van der Waals surface area contributed by atoms with Crippen LogP contribution in [0, 0.1) is 6.92 Å². The SMILES string of the molecule is CCOC(=O)/C(F)=C/C(=O)c1ccc(C)cc1. The zero-order chi connectivity index (χ0) is 12.8. The van der Waals surface area contributed by atoms with Crippen molar-refractivity contribution in [3.63, 3.8) is 0 Å². The van der Waals surface area contributed by atoms with Gasteiger partial charge in [-0.15, -0.1) is 0 Å². The number of ketones is 1. The zero-order valence-corrected chi connectivity index (χ0v) is 9.70. The van der Waals surface area contributed by atoms with Gasteiger partial charge in [0.15, 0.2) is 5.78 Å². The van der Waals surface area contributed by atoms with Crippen molar-refractivity contribution < 1.29 is 18.7 Å². The molecule has 0 aromatic heterocycles. The van der Waals surface area contributed by atoms with E-state index in [4.69, 9.17) is 0 Å². The first kappa shape index (κ1) is 13.1. The molecule has 0 spiro atoms. The lowest BCUT2D eigenvalue weighted by Crippen LogP contribution is -2.06. The van der Waals surface area contributed by atoms with Crippen LogP contribution in [0.5, 0.6) is 0 Å². The Hall–Kier alpha value is -1.97. The second-order valence-electron chi connectivity index (χ2n) is 3.44. The molecule has 3 nitrogen and oxygen atoms in total. The fraction of sp³-hybridized carbons (Fsp3) is 0.231. The molecular weight excluding hydrogens is 223 g/mol. The van der Waals surface area contributed by atoms with E-state index in [1.807, 2.05) is 6.92 Å². The van der Waals surface area contributed by atoms with Gasteiger partial charge >= 0.3 is 5.97 Å². The molecule has 0 aliphatic carbocycles. The molecule has 0 bridgehead atoms. The molecule has 0 fully saturated rings. The zero-order valence-electron chi connectivity index (χ0n) is 9.70. The molecule has 0 aliphatic heterocycles. The van der Waals surface area contributed by atoms with Crippen molar-refractivity contribution in [2.24, 2.45) is 0 Å². The van der Waals surface area contributed by atoms with Crippen LogP contribution in [-0.2, 0) is 9.53 Å². The number of carbonyl (C=O) groups is 2. The molecule has 1 aromatic rings. The monoisotopic (exact) mass is 236 g/mol. The van der Waals surface area contributed by atoms with Crippen LogP contribution in [0.1, 0.15) is 22.8 Å². The molecule has 1 rings (SSSR count). The number of esters is 1. The number of halogens is 1. The van der Waals surface area contributed by atoms with E-state index in [-0.39, 0.29) is 6.61 Å². The molecule has 0 saturated carbocycles. The molecular formula is C13H13FO3. The smallest absolute Gasteiger partial charge is 0.367 e. The summed E-state index contributed by atoms with van der Waals surface area (Å²) in [5.74, 6) is -2.86. The highest BCUT2D eigenvalue weighted by Gasteiger charge is 2.12. The summed E-state index contributed by atoms with van der Waals surface area (Å²) in [5.41, 5.74) is 1.33. The van der Waals surface area contributed by atoms with Crippen LogP contribution < -0.4 is 0 Å². The van der Waals surface area contributed by atoms with Gasteiger partial charge in [0.05, 0.1) is 6.61 Å². The van der Waals surface area contributed by atoms with Crippen LogP contribution in [0.4, 0.5) is 4.39 Å². The molecule has 0 aliphatic rings. The Morgan fingerprint density at radius 3 is 2.41 bits per heavy atom. The molecule has 0 atom stereocenters. The number of allylic oxidation sites excluding steroid dienone is 1. The van der Waals surface area contributed by atoms with Crippen molar-refractivity contribution in [2.45, 2.75) is 13.8 Å². The minimum absolute atomic E-state index is 0.0683. The Balaban J connectivity index is 2.81. The molecule has 0 N–H and O–H groups in total. The van der Waals surface area contributed by atoms with Gasteiger partial charge in [0.1, 0.15) is 0 Å². The molecule has 90 valence electrons. The fourth-order valence-electron chi connectivity index (χ4n) is 1.18. The number of benzene rings is 1. The molecule has 0 radical (unpaired) electrons. The van der Waals surface area contributed by atoms with Crippen molar-refractivity contribution >= 4 is 11.8 Å². The van der Waals surface area contributed by atoms with Crippen LogP contribution in [0.15, 0.2) is 36.2 Å². The second kappa shape index (κ2) is 5.94. The van der Waals surface area contributed by atoms with Crippen molar-refractivity contribution in [3.8, 4) is 0 Å². The normalized spacial score (nSPS) is 11.1. The number of aryl methyl sites for hydroxylation is 1. The molecule has 17 heavy (non-hydrogen) atoms. The van der Waals surface area contributed by atoms with Crippen LogP contribution in [0.3, 0.4) is 0 Å². The summed E-state index contributed by atoms with van der Waals surface area (Å²) in [5, 5.41) is 0. The first-order chi connectivity index (χ1) is 8.04. The molecule has 0 heterocycles. The molecule has 0 saturated heterocycles. The first-order valence-electron chi connectivity index (χ1n) is 5.20. The van der Waals surface area contributed by atoms with E-state index in [2.05, 4.69) is 4.74 Å². The highest BCUT2D eigenvalue weighted by Crippen LogP contribution is 2.08. The largest absolute Gasteiger partial charge is 0.461 e.